The Labute approximate surface area is 191 Å². The van der Waals surface area contributed by atoms with Crippen LogP contribution in [0.15, 0.2) is 109 Å². The van der Waals surface area contributed by atoms with Gasteiger partial charge in [-0.15, -0.1) is 0 Å². The Balaban J connectivity index is 1.49. The summed E-state index contributed by atoms with van der Waals surface area (Å²) in [6.07, 6.45) is 3.58. The van der Waals surface area contributed by atoms with Crippen LogP contribution >= 0.6 is 0 Å². The van der Waals surface area contributed by atoms with Crippen LogP contribution in [-0.4, -0.2) is 14.5 Å². The number of para-hydroxylation sites is 1. The average molecular weight is 428 g/mol. The minimum Gasteiger partial charge on any atom is -0.439 e. The topological polar surface area (TPSA) is 39.9 Å². The summed E-state index contributed by atoms with van der Waals surface area (Å²) < 4.78 is 8.30. The van der Waals surface area contributed by atoms with Crippen LogP contribution in [0.5, 0.6) is 11.6 Å². The number of aromatic nitrogens is 3. The Morgan fingerprint density at radius 2 is 1.45 bits per heavy atom. The van der Waals surface area contributed by atoms with Gasteiger partial charge >= 0.3 is 0 Å². The molecule has 4 nitrogen and oxygen atoms in total. The summed E-state index contributed by atoms with van der Waals surface area (Å²) in [6.45, 7) is 2.00. The van der Waals surface area contributed by atoms with Crippen molar-refractivity contribution in [2.75, 3.05) is 0 Å². The molecule has 33 heavy (non-hydrogen) atoms. The normalized spacial score (nSPS) is 11.2. The standard InChI is InChI=1S/C29H21N3O/c1-20-8-7-17-31-29(20)33-23-10-6-9-21(18-23)22-14-15-25-24-11-2-3-12-26(24)32(27(25)19-22)28-13-4-5-16-30-28/h2-19H,1H3. The molecule has 0 spiro atoms. The maximum atomic E-state index is 6.07. The Bertz CT molecular complexity index is 1600. The van der Waals surface area contributed by atoms with Crippen molar-refractivity contribution >= 4 is 21.8 Å². The van der Waals surface area contributed by atoms with E-state index in [1.54, 1.807) is 6.20 Å². The lowest BCUT2D eigenvalue weighted by atomic mass is 10.0. The molecule has 3 heterocycles. The number of ether oxygens (including phenoxy) is 1. The van der Waals surface area contributed by atoms with Gasteiger partial charge in [-0.1, -0.05) is 54.6 Å². The maximum absolute atomic E-state index is 6.07. The van der Waals surface area contributed by atoms with Crippen molar-refractivity contribution in [1.29, 1.82) is 0 Å². The number of benzene rings is 3. The van der Waals surface area contributed by atoms with Crippen molar-refractivity contribution in [3.8, 4) is 28.6 Å². The minimum atomic E-state index is 0.625. The third-order valence-corrected chi connectivity index (χ3v) is 5.90. The van der Waals surface area contributed by atoms with Gasteiger partial charge in [0.1, 0.15) is 11.6 Å². The van der Waals surface area contributed by atoms with Gasteiger partial charge in [0.05, 0.1) is 11.0 Å². The largest absolute Gasteiger partial charge is 0.439 e. The van der Waals surface area contributed by atoms with Crippen LogP contribution in [0.25, 0.3) is 38.8 Å². The number of fused-ring (bicyclic) bond motifs is 3. The quantitative estimate of drug-likeness (QED) is 0.295. The minimum absolute atomic E-state index is 0.625. The zero-order valence-corrected chi connectivity index (χ0v) is 18.1. The summed E-state index contributed by atoms with van der Waals surface area (Å²) in [5.74, 6) is 2.30. The van der Waals surface area contributed by atoms with Crippen LogP contribution in [-0.2, 0) is 0 Å². The molecular weight excluding hydrogens is 406 g/mol. The summed E-state index contributed by atoms with van der Waals surface area (Å²) in [6, 6.07) is 33.1. The number of hydrogen-bond acceptors (Lipinski definition) is 3. The summed E-state index contributed by atoms with van der Waals surface area (Å²) >= 11 is 0. The smallest absolute Gasteiger partial charge is 0.222 e. The van der Waals surface area contributed by atoms with Crippen molar-refractivity contribution in [2.24, 2.45) is 0 Å². The van der Waals surface area contributed by atoms with Crippen molar-refractivity contribution in [1.82, 2.24) is 14.5 Å². The molecule has 0 unspecified atom stereocenters. The maximum Gasteiger partial charge on any atom is 0.222 e. The fraction of sp³-hybridized carbons (Fsp3) is 0.0345. The first-order chi connectivity index (χ1) is 16.3. The van der Waals surface area contributed by atoms with Gasteiger partial charge in [0, 0.05) is 28.7 Å². The van der Waals surface area contributed by atoms with E-state index in [4.69, 9.17) is 4.74 Å². The highest BCUT2D eigenvalue weighted by atomic mass is 16.5. The first kappa shape index (κ1) is 19.3. The van der Waals surface area contributed by atoms with E-state index in [-0.39, 0.29) is 0 Å². The SMILES string of the molecule is Cc1cccnc1Oc1cccc(-c2ccc3c4ccccc4n(-c4ccccn4)c3c2)c1. The molecule has 0 aliphatic rings. The van der Waals surface area contributed by atoms with E-state index in [0.717, 1.165) is 39.3 Å². The van der Waals surface area contributed by atoms with Gasteiger partial charge < -0.3 is 4.74 Å². The lowest BCUT2D eigenvalue weighted by Crippen LogP contribution is -1.96. The Morgan fingerprint density at radius 3 is 2.33 bits per heavy atom. The molecule has 6 aromatic rings. The van der Waals surface area contributed by atoms with Crippen LogP contribution < -0.4 is 4.74 Å². The molecule has 4 heteroatoms. The lowest BCUT2D eigenvalue weighted by molar-refractivity contribution is 0.459. The van der Waals surface area contributed by atoms with Gasteiger partial charge in [-0.3, -0.25) is 4.57 Å². The van der Waals surface area contributed by atoms with E-state index in [0.29, 0.717) is 5.88 Å². The molecule has 0 N–H and O–H groups in total. The summed E-state index contributed by atoms with van der Waals surface area (Å²) in [5.41, 5.74) is 5.47. The summed E-state index contributed by atoms with van der Waals surface area (Å²) in [4.78, 5) is 8.98. The molecule has 0 bridgehead atoms. The van der Waals surface area contributed by atoms with E-state index in [1.807, 2.05) is 55.6 Å². The van der Waals surface area contributed by atoms with Crippen molar-refractivity contribution < 1.29 is 4.74 Å². The van der Waals surface area contributed by atoms with Crippen molar-refractivity contribution in [3.05, 3.63) is 115 Å². The molecule has 0 fully saturated rings. The summed E-state index contributed by atoms with van der Waals surface area (Å²) in [5, 5.41) is 2.42. The average Bonchev–Trinajstić information content (AvgIpc) is 3.20. The van der Waals surface area contributed by atoms with E-state index in [9.17, 15) is 0 Å². The number of hydrogen-bond donors (Lipinski definition) is 0. The van der Waals surface area contributed by atoms with Gasteiger partial charge in [-0.05, 0) is 60.5 Å². The second-order valence-corrected chi connectivity index (χ2v) is 8.03. The molecule has 158 valence electrons. The Hall–Kier alpha value is -4.44. The predicted molar refractivity (Wildman–Crippen MR) is 133 cm³/mol. The molecule has 0 aliphatic heterocycles. The second kappa shape index (κ2) is 7.92. The zero-order chi connectivity index (χ0) is 22.2. The molecule has 3 aromatic heterocycles. The van der Waals surface area contributed by atoms with Crippen LogP contribution in [0.4, 0.5) is 0 Å². The van der Waals surface area contributed by atoms with Gasteiger partial charge in [-0.2, -0.15) is 0 Å². The second-order valence-electron chi connectivity index (χ2n) is 8.03. The van der Waals surface area contributed by atoms with E-state index in [2.05, 4.69) is 69.1 Å². The number of pyridine rings is 2. The van der Waals surface area contributed by atoms with Crippen molar-refractivity contribution in [2.45, 2.75) is 6.92 Å². The molecule has 0 saturated heterocycles. The third-order valence-electron chi connectivity index (χ3n) is 5.90. The van der Waals surface area contributed by atoms with E-state index >= 15 is 0 Å². The fourth-order valence-electron chi connectivity index (χ4n) is 4.31. The van der Waals surface area contributed by atoms with Gasteiger partial charge in [0.2, 0.25) is 5.88 Å². The first-order valence-electron chi connectivity index (χ1n) is 10.9. The van der Waals surface area contributed by atoms with Gasteiger partial charge in [0.25, 0.3) is 0 Å². The molecule has 3 aromatic carbocycles. The molecule has 0 atom stereocenters. The molecule has 0 radical (unpaired) electrons. The number of nitrogens with zero attached hydrogens (tertiary/aromatic N) is 3. The monoisotopic (exact) mass is 427 g/mol. The molecule has 6 rings (SSSR count). The lowest BCUT2D eigenvalue weighted by Gasteiger charge is -2.10. The van der Waals surface area contributed by atoms with Crippen LogP contribution in [0, 0.1) is 6.92 Å². The Morgan fingerprint density at radius 1 is 0.636 bits per heavy atom. The molecular formula is C29H21N3O. The number of rotatable bonds is 4. The highest BCUT2D eigenvalue weighted by molar-refractivity contribution is 6.10. The highest BCUT2D eigenvalue weighted by Crippen LogP contribution is 2.35. The van der Waals surface area contributed by atoms with E-state index < -0.39 is 0 Å². The summed E-state index contributed by atoms with van der Waals surface area (Å²) in [7, 11) is 0. The first-order valence-corrected chi connectivity index (χ1v) is 10.9. The van der Waals surface area contributed by atoms with E-state index in [1.165, 1.54) is 10.8 Å². The van der Waals surface area contributed by atoms with Gasteiger partial charge in [0.15, 0.2) is 0 Å². The molecule has 0 saturated carbocycles. The molecule has 0 amide bonds. The fourth-order valence-corrected chi connectivity index (χ4v) is 4.31. The van der Waals surface area contributed by atoms with Crippen LogP contribution in [0.1, 0.15) is 5.56 Å². The Kier molecular flexibility index (Phi) is 4.62. The highest BCUT2D eigenvalue weighted by Gasteiger charge is 2.14. The van der Waals surface area contributed by atoms with Crippen molar-refractivity contribution in [3.63, 3.8) is 0 Å². The van der Waals surface area contributed by atoms with Gasteiger partial charge in [-0.25, -0.2) is 9.97 Å². The molecule has 0 aliphatic carbocycles. The van der Waals surface area contributed by atoms with Crippen LogP contribution in [0.2, 0.25) is 0 Å². The third kappa shape index (κ3) is 3.42. The zero-order valence-electron chi connectivity index (χ0n) is 18.1. The predicted octanol–water partition coefficient (Wildman–Crippen LogP) is 7.34. The number of aryl methyl sites for hydroxylation is 1. The van der Waals surface area contributed by atoms with Crippen LogP contribution in [0.3, 0.4) is 0 Å².